The zero-order valence-corrected chi connectivity index (χ0v) is 10.5. The van der Waals surface area contributed by atoms with Gasteiger partial charge in [-0.15, -0.1) is 10.2 Å². The quantitative estimate of drug-likeness (QED) is 0.814. The second-order valence-electron chi connectivity index (χ2n) is 4.04. The van der Waals surface area contributed by atoms with Crippen molar-refractivity contribution in [3.63, 3.8) is 0 Å². The SMILES string of the molecule is CCn1c(C2CCCOC2)nnc1S(N)(=O)=O. The fourth-order valence-electron chi connectivity index (χ4n) is 2.05. The average Bonchev–Trinajstić information content (AvgIpc) is 2.73. The van der Waals surface area contributed by atoms with E-state index in [9.17, 15) is 8.42 Å². The molecular weight excluding hydrogens is 244 g/mol. The molecule has 2 N–H and O–H groups in total. The van der Waals surface area contributed by atoms with E-state index in [1.165, 1.54) is 0 Å². The molecule has 2 heterocycles. The summed E-state index contributed by atoms with van der Waals surface area (Å²) in [5.41, 5.74) is 0. The van der Waals surface area contributed by atoms with Crippen LogP contribution in [0.5, 0.6) is 0 Å². The van der Waals surface area contributed by atoms with Gasteiger partial charge < -0.3 is 9.30 Å². The Morgan fingerprint density at radius 1 is 1.53 bits per heavy atom. The van der Waals surface area contributed by atoms with Crippen molar-refractivity contribution in [3.8, 4) is 0 Å². The van der Waals surface area contributed by atoms with Crippen molar-refractivity contribution in [2.45, 2.75) is 37.4 Å². The molecule has 96 valence electrons. The fraction of sp³-hybridized carbons (Fsp3) is 0.778. The van der Waals surface area contributed by atoms with Crippen LogP contribution in [0, 0.1) is 0 Å². The fourth-order valence-corrected chi connectivity index (χ4v) is 2.74. The lowest BCUT2D eigenvalue weighted by Crippen LogP contribution is -2.22. The minimum absolute atomic E-state index is 0.103. The maximum atomic E-state index is 11.3. The summed E-state index contributed by atoms with van der Waals surface area (Å²) in [4.78, 5) is 0. The molecule has 0 amide bonds. The van der Waals surface area contributed by atoms with Gasteiger partial charge in [-0.2, -0.15) is 0 Å². The third-order valence-corrected chi connectivity index (χ3v) is 3.65. The Kier molecular flexibility index (Phi) is 3.45. The summed E-state index contributed by atoms with van der Waals surface area (Å²) in [6, 6.07) is 0. The van der Waals surface area contributed by atoms with E-state index < -0.39 is 10.0 Å². The Morgan fingerprint density at radius 2 is 2.29 bits per heavy atom. The molecule has 1 saturated heterocycles. The van der Waals surface area contributed by atoms with Crippen molar-refractivity contribution in [3.05, 3.63) is 5.82 Å². The third kappa shape index (κ3) is 2.48. The van der Waals surface area contributed by atoms with Gasteiger partial charge in [0.15, 0.2) is 0 Å². The number of nitrogens with zero attached hydrogens (tertiary/aromatic N) is 3. The maximum Gasteiger partial charge on any atom is 0.273 e. The summed E-state index contributed by atoms with van der Waals surface area (Å²) in [5.74, 6) is 0.753. The summed E-state index contributed by atoms with van der Waals surface area (Å²) in [7, 11) is -3.81. The summed E-state index contributed by atoms with van der Waals surface area (Å²) < 4.78 is 29.6. The lowest BCUT2D eigenvalue weighted by Gasteiger charge is -2.21. The number of hydrogen-bond donors (Lipinski definition) is 1. The molecular formula is C9H16N4O3S. The third-order valence-electron chi connectivity index (χ3n) is 2.84. The highest BCUT2D eigenvalue weighted by atomic mass is 32.2. The van der Waals surface area contributed by atoms with E-state index in [2.05, 4.69) is 10.2 Å². The first-order valence-electron chi connectivity index (χ1n) is 5.57. The van der Waals surface area contributed by atoms with E-state index in [-0.39, 0.29) is 11.1 Å². The van der Waals surface area contributed by atoms with Gasteiger partial charge in [0.25, 0.3) is 15.2 Å². The van der Waals surface area contributed by atoms with Crippen molar-refractivity contribution in [1.82, 2.24) is 14.8 Å². The first-order chi connectivity index (χ1) is 8.04. The number of ether oxygens (including phenoxy) is 1. The van der Waals surface area contributed by atoms with E-state index in [0.717, 1.165) is 19.4 Å². The minimum atomic E-state index is -3.81. The Labute approximate surface area is 100 Å². The molecule has 0 spiro atoms. The van der Waals surface area contributed by atoms with Gasteiger partial charge in [0.05, 0.1) is 6.61 Å². The Bertz CT molecular complexity index is 490. The molecule has 0 aliphatic carbocycles. The van der Waals surface area contributed by atoms with Gasteiger partial charge in [-0.3, -0.25) is 0 Å². The molecule has 0 aromatic carbocycles. The Balaban J connectivity index is 2.38. The minimum Gasteiger partial charge on any atom is -0.381 e. The number of sulfonamides is 1. The van der Waals surface area contributed by atoms with E-state index in [1.54, 1.807) is 4.57 Å². The topological polar surface area (TPSA) is 100 Å². The van der Waals surface area contributed by atoms with Crippen LogP contribution < -0.4 is 5.14 Å². The largest absolute Gasteiger partial charge is 0.381 e. The number of primary sulfonamides is 1. The van der Waals surface area contributed by atoms with Gasteiger partial charge in [-0.25, -0.2) is 13.6 Å². The highest BCUT2D eigenvalue weighted by Gasteiger charge is 2.26. The van der Waals surface area contributed by atoms with Crippen LogP contribution in [0.15, 0.2) is 5.16 Å². The highest BCUT2D eigenvalue weighted by Crippen LogP contribution is 2.25. The Morgan fingerprint density at radius 3 is 2.82 bits per heavy atom. The highest BCUT2D eigenvalue weighted by molar-refractivity contribution is 7.89. The lowest BCUT2D eigenvalue weighted by atomic mass is 10.0. The van der Waals surface area contributed by atoms with Crippen molar-refractivity contribution in [2.75, 3.05) is 13.2 Å². The van der Waals surface area contributed by atoms with Gasteiger partial charge in [0.1, 0.15) is 5.82 Å². The molecule has 0 bridgehead atoms. The summed E-state index contributed by atoms with van der Waals surface area (Å²) in [5, 5.41) is 12.6. The average molecular weight is 260 g/mol. The molecule has 2 rings (SSSR count). The molecule has 7 nitrogen and oxygen atoms in total. The van der Waals surface area contributed by atoms with Crippen LogP contribution in [-0.2, 0) is 21.3 Å². The Hall–Kier alpha value is -0.990. The van der Waals surface area contributed by atoms with Crippen molar-refractivity contribution in [1.29, 1.82) is 0 Å². The van der Waals surface area contributed by atoms with Crippen LogP contribution in [-0.4, -0.2) is 36.4 Å². The number of nitrogens with two attached hydrogens (primary N) is 1. The zero-order valence-electron chi connectivity index (χ0n) is 9.66. The molecule has 1 aromatic heterocycles. The van der Waals surface area contributed by atoms with Crippen LogP contribution in [0.4, 0.5) is 0 Å². The van der Waals surface area contributed by atoms with Crippen molar-refractivity contribution >= 4 is 10.0 Å². The number of aromatic nitrogens is 3. The maximum absolute atomic E-state index is 11.3. The van der Waals surface area contributed by atoms with Crippen molar-refractivity contribution < 1.29 is 13.2 Å². The van der Waals surface area contributed by atoms with Crippen LogP contribution in [0.25, 0.3) is 0 Å². The lowest BCUT2D eigenvalue weighted by molar-refractivity contribution is 0.0768. The molecule has 1 aromatic rings. The van der Waals surface area contributed by atoms with Crippen molar-refractivity contribution in [2.24, 2.45) is 5.14 Å². The number of rotatable bonds is 3. The molecule has 8 heteroatoms. The van der Waals surface area contributed by atoms with E-state index >= 15 is 0 Å². The predicted molar refractivity (Wildman–Crippen MR) is 59.9 cm³/mol. The number of hydrogen-bond acceptors (Lipinski definition) is 5. The van der Waals surface area contributed by atoms with Gasteiger partial charge in [-0.05, 0) is 19.8 Å². The summed E-state index contributed by atoms with van der Waals surface area (Å²) >= 11 is 0. The molecule has 1 fully saturated rings. The van der Waals surface area contributed by atoms with Gasteiger partial charge >= 0.3 is 0 Å². The molecule has 0 radical (unpaired) electrons. The van der Waals surface area contributed by atoms with Gasteiger partial charge in [0, 0.05) is 19.1 Å². The standard InChI is InChI=1S/C9H16N4O3S/c1-2-13-8(7-4-3-5-16-6-7)11-12-9(13)17(10,14)15/h7H,2-6H2,1H3,(H2,10,14,15). The monoisotopic (exact) mass is 260 g/mol. The predicted octanol–water partition coefficient (Wildman–Crippen LogP) is -0.161. The second kappa shape index (κ2) is 4.71. The van der Waals surface area contributed by atoms with Crippen LogP contribution in [0.1, 0.15) is 31.5 Å². The van der Waals surface area contributed by atoms with E-state index in [0.29, 0.717) is 19.0 Å². The van der Waals surface area contributed by atoms with Gasteiger partial charge in [0.2, 0.25) is 0 Å². The normalized spacial score (nSPS) is 21.6. The second-order valence-corrected chi connectivity index (χ2v) is 5.50. The first-order valence-corrected chi connectivity index (χ1v) is 7.12. The first kappa shape index (κ1) is 12.5. The smallest absolute Gasteiger partial charge is 0.273 e. The molecule has 0 saturated carbocycles. The molecule has 1 aliphatic rings. The van der Waals surface area contributed by atoms with Crippen LogP contribution >= 0.6 is 0 Å². The summed E-state index contributed by atoms with van der Waals surface area (Å²) in [6.45, 7) is 3.62. The van der Waals surface area contributed by atoms with Gasteiger partial charge in [-0.1, -0.05) is 0 Å². The zero-order chi connectivity index (χ0) is 12.5. The summed E-state index contributed by atoms with van der Waals surface area (Å²) in [6.07, 6.45) is 1.88. The van der Waals surface area contributed by atoms with Crippen LogP contribution in [0.3, 0.4) is 0 Å². The molecule has 17 heavy (non-hydrogen) atoms. The van der Waals surface area contributed by atoms with E-state index in [4.69, 9.17) is 9.88 Å². The molecule has 1 unspecified atom stereocenters. The molecule has 1 aliphatic heterocycles. The van der Waals surface area contributed by atoms with Crippen LogP contribution in [0.2, 0.25) is 0 Å². The van der Waals surface area contributed by atoms with E-state index in [1.807, 2.05) is 6.92 Å². The molecule has 1 atom stereocenters.